The molecule has 1 aliphatic heterocycles. The first-order valence-electron chi connectivity index (χ1n) is 6.74. The van der Waals surface area contributed by atoms with Gasteiger partial charge in [0.1, 0.15) is 11.9 Å². The van der Waals surface area contributed by atoms with E-state index in [-0.39, 0.29) is 23.6 Å². The molecular formula is C13H19N5O3. The number of H-pyrrole nitrogens is 1. The molecule has 0 aromatic carbocycles. The van der Waals surface area contributed by atoms with Crippen molar-refractivity contribution < 1.29 is 14.4 Å². The Morgan fingerprint density at radius 3 is 2.62 bits per heavy atom. The molecule has 0 spiro atoms. The second kappa shape index (κ2) is 5.27. The predicted octanol–water partition coefficient (Wildman–Crippen LogP) is -0.0206. The van der Waals surface area contributed by atoms with E-state index in [4.69, 9.17) is 0 Å². The van der Waals surface area contributed by atoms with Crippen molar-refractivity contribution in [3.05, 3.63) is 11.6 Å². The van der Waals surface area contributed by atoms with Gasteiger partial charge >= 0.3 is 0 Å². The number of aromatic amines is 1. The number of aromatic nitrogens is 3. The first kappa shape index (κ1) is 15.1. The van der Waals surface area contributed by atoms with Crippen LogP contribution in [0.1, 0.15) is 50.1 Å². The molecule has 8 nitrogen and oxygen atoms in total. The average Bonchev–Trinajstić information content (AvgIpc) is 2.89. The molecular weight excluding hydrogens is 274 g/mol. The fourth-order valence-electron chi connectivity index (χ4n) is 1.97. The van der Waals surface area contributed by atoms with E-state index in [2.05, 4.69) is 20.5 Å². The molecule has 114 valence electrons. The SMILES string of the molecule is CN1C(=O)CCC(NC(=O)c2n[nH]c(C(C)(C)C)n2)C1=O. The molecule has 1 aliphatic rings. The zero-order valence-electron chi connectivity index (χ0n) is 12.6. The van der Waals surface area contributed by atoms with Gasteiger partial charge in [-0.05, 0) is 6.42 Å². The fraction of sp³-hybridized carbons (Fsp3) is 0.615. The zero-order chi connectivity index (χ0) is 15.8. The highest BCUT2D eigenvalue weighted by Crippen LogP contribution is 2.17. The summed E-state index contributed by atoms with van der Waals surface area (Å²) in [6, 6.07) is -0.711. The summed E-state index contributed by atoms with van der Waals surface area (Å²) in [6.45, 7) is 5.83. The van der Waals surface area contributed by atoms with Gasteiger partial charge in [0.2, 0.25) is 11.7 Å². The summed E-state index contributed by atoms with van der Waals surface area (Å²) in [5, 5.41) is 9.16. The summed E-state index contributed by atoms with van der Waals surface area (Å²) in [6.07, 6.45) is 0.527. The maximum absolute atomic E-state index is 12.1. The molecule has 0 aliphatic carbocycles. The Balaban J connectivity index is 2.06. The predicted molar refractivity (Wildman–Crippen MR) is 73.3 cm³/mol. The molecule has 0 bridgehead atoms. The molecule has 2 N–H and O–H groups in total. The van der Waals surface area contributed by atoms with Crippen LogP contribution in [0, 0.1) is 0 Å². The number of likely N-dealkylation sites (tertiary alicyclic amines) is 1. The minimum Gasteiger partial charge on any atom is -0.337 e. The van der Waals surface area contributed by atoms with Crippen LogP contribution in [0.4, 0.5) is 0 Å². The number of hydrogen-bond donors (Lipinski definition) is 2. The second-order valence-electron chi connectivity index (χ2n) is 6.11. The number of rotatable bonds is 2. The Hall–Kier alpha value is -2.25. The summed E-state index contributed by atoms with van der Waals surface area (Å²) < 4.78 is 0. The quantitative estimate of drug-likeness (QED) is 0.745. The van der Waals surface area contributed by atoms with Crippen LogP contribution < -0.4 is 5.32 Å². The number of hydrogen-bond acceptors (Lipinski definition) is 5. The Bertz CT molecular complexity index is 587. The van der Waals surface area contributed by atoms with E-state index in [1.807, 2.05) is 20.8 Å². The molecule has 2 heterocycles. The van der Waals surface area contributed by atoms with Gasteiger partial charge in [-0.25, -0.2) is 4.98 Å². The van der Waals surface area contributed by atoms with E-state index in [0.29, 0.717) is 12.2 Å². The van der Waals surface area contributed by atoms with Crippen molar-refractivity contribution in [2.24, 2.45) is 0 Å². The van der Waals surface area contributed by atoms with Crippen LogP contribution in [0.25, 0.3) is 0 Å². The molecule has 8 heteroatoms. The number of carbonyl (C=O) groups excluding carboxylic acids is 3. The summed E-state index contributed by atoms with van der Waals surface area (Å²) >= 11 is 0. The van der Waals surface area contributed by atoms with E-state index >= 15 is 0 Å². The lowest BCUT2D eigenvalue weighted by Gasteiger charge is -2.27. The van der Waals surface area contributed by atoms with Crippen molar-refractivity contribution >= 4 is 17.7 Å². The van der Waals surface area contributed by atoms with E-state index in [1.165, 1.54) is 7.05 Å². The van der Waals surface area contributed by atoms with Gasteiger partial charge < -0.3 is 5.32 Å². The summed E-state index contributed by atoms with van der Waals surface area (Å²) in [5.74, 6) is -0.588. The van der Waals surface area contributed by atoms with Crippen molar-refractivity contribution in [3.63, 3.8) is 0 Å². The first-order valence-corrected chi connectivity index (χ1v) is 6.74. The topological polar surface area (TPSA) is 108 Å². The lowest BCUT2D eigenvalue weighted by Crippen LogP contribution is -2.53. The fourth-order valence-corrected chi connectivity index (χ4v) is 1.97. The third-order valence-corrected chi connectivity index (χ3v) is 3.35. The molecule has 1 fully saturated rings. The van der Waals surface area contributed by atoms with Crippen molar-refractivity contribution in [1.82, 2.24) is 25.4 Å². The van der Waals surface area contributed by atoms with Gasteiger partial charge in [-0.2, -0.15) is 0 Å². The Morgan fingerprint density at radius 1 is 1.38 bits per heavy atom. The highest BCUT2D eigenvalue weighted by Gasteiger charge is 2.33. The molecule has 2 rings (SSSR count). The maximum atomic E-state index is 12.1. The second-order valence-corrected chi connectivity index (χ2v) is 6.11. The number of imide groups is 1. The number of carbonyl (C=O) groups is 3. The standard InChI is InChI=1S/C13H19N5O3/c1-13(2,3)12-15-9(16-17-12)10(20)14-7-5-6-8(19)18(4)11(7)21/h7H,5-6H2,1-4H3,(H,14,20)(H,15,16,17). The van der Waals surface area contributed by atoms with E-state index < -0.39 is 17.9 Å². The van der Waals surface area contributed by atoms with Crippen molar-refractivity contribution in [2.45, 2.75) is 45.1 Å². The molecule has 1 atom stereocenters. The zero-order valence-corrected chi connectivity index (χ0v) is 12.6. The van der Waals surface area contributed by atoms with Crippen LogP contribution in [-0.4, -0.2) is 50.9 Å². The van der Waals surface area contributed by atoms with Crippen LogP contribution in [0.15, 0.2) is 0 Å². The first-order chi connectivity index (χ1) is 9.70. The number of piperidine rings is 1. The number of nitrogens with zero attached hydrogens (tertiary/aromatic N) is 3. The Morgan fingerprint density at radius 2 is 2.05 bits per heavy atom. The van der Waals surface area contributed by atoms with Crippen LogP contribution in [0.5, 0.6) is 0 Å². The normalized spacial score (nSPS) is 19.8. The van der Waals surface area contributed by atoms with E-state index in [0.717, 1.165) is 4.90 Å². The average molecular weight is 293 g/mol. The summed E-state index contributed by atoms with van der Waals surface area (Å²) in [4.78, 5) is 40.5. The van der Waals surface area contributed by atoms with Crippen molar-refractivity contribution in [3.8, 4) is 0 Å². The molecule has 1 aromatic heterocycles. The number of amides is 3. The molecule has 21 heavy (non-hydrogen) atoms. The lowest BCUT2D eigenvalue weighted by molar-refractivity contribution is -0.147. The van der Waals surface area contributed by atoms with Crippen LogP contribution in [0.3, 0.4) is 0 Å². The van der Waals surface area contributed by atoms with E-state index in [1.54, 1.807) is 0 Å². The smallest absolute Gasteiger partial charge is 0.291 e. The lowest BCUT2D eigenvalue weighted by atomic mass is 9.96. The highest BCUT2D eigenvalue weighted by atomic mass is 16.2. The molecule has 1 unspecified atom stereocenters. The van der Waals surface area contributed by atoms with Crippen molar-refractivity contribution in [2.75, 3.05) is 7.05 Å². The molecule has 1 saturated heterocycles. The van der Waals surface area contributed by atoms with Gasteiger partial charge in [0.15, 0.2) is 0 Å². The molecule has 1 aromatic rings. The third kappa shape index (κ3) is 3.09. The number of nitrogens with one attached hydrogen (secondary N) is 2. The third-order valence-electron chi connectivity index (χ3n) is 3.35. The Kier molecular flexibility index (Phi) is 3.80. The van der Waals surface area contributed by atoms with Gasteiger partial charge in [-0.15, -0.1) is 5.10 Å². The minimum absolute atomic E-state index is 0.00715. The largest absolute Gasteiger partial charge is 0.337 e. The van der Waals surface area contributed by atoms with Crippen LogP contribution in [0.2, 0.25) is 0 Å². The van der Waals surface area contributed by atoms with Crippen LogP contribution in [-0.2, 0) is 15.0 Å². The number of likely N-dealkylation sites (N-methyl/N-ethyl adjacent to an activating group) is 1. The molecule has 3 amide bonds. The van der Waals surface area contributed by atoms with E-state index in [9.17, 15) is 14.4 Å². The monoisotopic (exact) mass is 293 g/mol. The van der Waals surface area contributed by atoms with Gasteiger partial charge in [0, 0.05) is 18.9 Å². The van der Waals surface area contributed by atoms with Gasteiger partial charge in [-0.1, -0.05) is 20.8 Å². The molecule has 0 radical (unpaired) electrons. The Labute approximate surface area is 122 Å². The van der Waals surface area contributed by atoms with Crippen LogP contribution >= 0.6 is 0 Å². The van der Waals surface area contributed by atoms with Gasteiger partial charge in [-0.3, -0.25) is 24.4 Å². The minimum atomic E-state index is -0.711. The van der Waals surface area contributed by atoms with Gasteiger partial charge in [0.25, 0.3) is 11.8 Å². The van der Waals surface area contributed by atoms with Crippen molar-refractivity contribution in [1.29, 1.82) is 0 Å². The molecule has 0 saturated carbocycles. The highest BCUT2D eigenvalue weighted by molar-refractivity contribution is 6.02. The van der Waals surface area contributed by atoms with Gasteiger partial charge in [0.05, 0.1) is 0 Å². The maximum Gasteiger partial charge on any atom is 0.291 e. The summed E-state index contributed by atoms with van der Waals surface area (Å²) in [7, 11) is 1.41. The summed E-state index contributed by atoms with van der Waals surface area (Å²) in [5.41, 5.74) is -0.251.